The molecule has 12 heteroatoms. The summed E-state index contributed by atoms with van der Waals surface area (Å²) in [6.45, 7) is 21.3. The van der Waals surface area contributed by atoms with Gasteiger partial charge in [0.25, 0.3) is 0 Å². The summed E-state index contributed by atoms with van der Waals surface area (Å²) in [7, 11) is 8.00. The number of rotatable bonds is 0. The fraction of sp³-hybridized carbons (Fsp3) is 0.455. The highest BCUT2D eigenvalue weighted by atomic mass is 16.9. The summed E-state index contributed by atoms with van der Waals surface area (Å²) in [5.74, 6) is 5.25. The van der Waals surface area contributed by atoms with E-state index in [-0.39, 0.29) is 21.7 Å². The molecule has 0 amide bonds. The van der Waals surface area contributed by atoms with Gasteiger partial charge in [0.1, 0.15) is 46.0 Å². The van der Waals surface area contributed by atoms with Crippen LogP contribution in [0.1, 0.15) is 105 Å². The van der Waals surface area contributed by atoms with Crippen molar-refractivity contribution in [1.82, 2.24) is 0 Å². The molecule has 2 spiro atoms. The van der Waals surface area contributed by atoms with Gasteiger partial charge in [0, 0.05) is 0 Å². The second-order valence-corrected chi connectivity index (χ2v) is 18.9. The summed E-state index contributed by atoms with van der Waals surface area (Å²) in [6.07, 6.45) is 0. The van der Waals surface area contributed by atoms with E-state index in [9.17, 15) is 0 Å². The average molecular weight is 771 g/mol. The van der Waals surface area contributed by atoms with E-state index >= 15 is 0 Å². The summed E-state index contributed by atoms with van der Waals surface area (Å²) in [5.41, 5.74) is 4.82. The molecule has 4 aromatic rings. The maximum atomic E-state index is 6.00. The molecular formula is C44H64B2N2O8. The van der Waals surface area contributed by atoms with E-state index in [4.69, 9.17) is 37.2 Å². The van der Waals surface area contributed by atoms with Crippen LogP contribution in [-0.2, 0) is 21.7 Å². The Labute approximate surface area is 334 Å². The molecule has 4 aromatic carbocycles. The Hall–Kier alpha value is -4.67. The number of hydrogen-bond acceptors (Lipinski definition) is 8. The lowest BCUT2D eigenvalue weighted by molar-refractivity contribution is -0.597. The lowest BCUT2D eigenvalue weighted by Crippen LogP contribution is -2.74. The fourth-order valence-corrected chi connectivity index (χ4v) is 6.19. The molecule has 0 aliphatic carbocycles. The first-order valence-electron chi connectivity index (χ1n) is 19.8. The molecule has 4 aliphatic heterocycles. The van der Waals surface area contributed by atoms with Crippen LogP contribution < -0.4 is 47.9 Å². The number of quaternary nitrogens is 2. The van der Waals surface area contributed by atoms with E-state index in [1.54, 1.807) is 0 Å². The third kappa shape index (κ3) is 9.30. The van der Waals surface area contributed by atoms with E-state index in [0.717, 1.165) is 0 Å². The molecule has 0 saturated carbocycles. The highest BCUT2D eigenvalue weighted by Crippen LogP contribution is 2.49. The Morgan fingerprint density at radius 2 is 0.464 bits per heavy atom. The third-order valence-electron chi connectivity index (χ3n) is 9.41. The molecule has 0 aromatic heterocycles. The van der Waals surface area contributed by atoms with Crippen LogP contribution in [-0.4, -0.2) is 42.1 Å². The van der Waals surface area contributed by atoms with Gasteiger partial charge >= 0.3 is 13.9 Å². The quantitative estimate of drug-likeness (QED) is 0.177. The van der Waals surface area contributed by atoms with Crippen molar-refractivity contribution in [3.8, 4) is 46.0 Å². The Morgan fingerprint density at radius 1 is 0.304 bits per heavy atom. The van der Waals surface area contributed by atoms with Crippen molar-refractivity contribution in [1.29, 1.82) is 0 Å². The predicted molar refractivity (Wildman–Crippen MR) is 225 cm³/mol. The summed E-state index contributed by atoms with van der Waals surface area (Å²) < 4.78 is 47.7. The highest BCUT2D eigenvalue weighted by Gasteiger charge is 2.53. The van der Waals surface area contributed by atoms with Crippen LogP contribution in [0.5, 0.6) is 46.0 Å². The van der Waals surface area contributed by atoms with Gasteiger partial charge in [-0.1, -0.05) is 107 Å². The van der Waals surface area contributed by atoms with Crippen molar-refractivity contribution < 1.29 is 47.9 Å². The summed E-state index contributed by atoms with van der Waals surface area (Å²) in [4.78, 5) is 0. The maximum Gasteiger partial charge on any atom is 0.777 e. The van der Waals surface area contributed by atoms with Gasteiger partial charge in [0.15, 0.2) is 0 Å². The molecule has 4 heterocycles. The number of benzene rings is 4. The molecule has 4 aliphatic rings. The van der Waals surface area contributed by atoms with E-state index in [1.165, 1.54) is 22.3 Å². The first-order chi connectivity index (χ1) is 25.9. The van der Waals surface area contributed by atoms with Crippen molar-refractivity contribution in [3.05, 3.63) is 95.1 Å². The van der Waals surface area contributed by atoms with Crippen LogP contribution in [0.25, 0.3) is 0 Å². The van der Waals surface area contributed by atoms with Gasteiger partial charge in [0.2, 0.25) is 0 Å². The third-order valence-corrected chi connectivity index (χ3v) is 9.41. The van der Waals surface area contributed by atoms with Gasteiger partial charge in [-0.15, -0.1) is 0 Å². The second-order valence-electron chi connectivity index (χ2n) is 18.9. The molecule has 0 unspecified atom stereocenters. The van der Waals surface area contributed by atoms with Gasteiger partial charge in [-0.2, -0.15) is 0 Å². The topological polar surface area (TPSA) is 107 Å². The van der Waals surface area contributed by atoms with Crippen molar-refractivity contribution in [2.24, 2.45) is 0 Å². The van der Waals surface area contributed by atoms with Gasteiger partial charge in [0.05, 0.1) is 28.2 Å². The van der Waals surface area contributed by atoms with Crippen LogP contribution in [0.15, 0.2) is 72.8 Å². The van der Waals surface area contributed by atoms with Crippen LogP contribution in [0.4, 0.5) is 0 Å². The van der Waals surface area contributed by atoms with E-state index in [0.29, 0.717) is 46.0 Å². The molecule has 4 N–H and O–H groups in total. The van der Waals surface area contributed by atoms with Crippen LogP contribution in [0.3, 0.4) is 0 Å². The minimum atomic E-state index is -2.32. The van der Waals surface area contributed by atoms with E-state index < -0.39 is 13.9 Å². The van der Waals surface area contributed by atoms with Gasteiger partial charge in [-0.25, -0.2) is 0 Å². The predicted octanol–water partition coefficient (Wildman–Crippen LogP) is 7.54. The minimum Gasteiger partial charge on any atom is -0.609 e. The first kappa shape index (κ1) is 42.5. The first-order valence-corrected chi connectivity index (χ1v) is 19.8. The van der Waals surface area contributed by atoms with Crippen LogP contribution in [0.2, 0.25) is 0 Å². The highest BCUT2D eigenvalue weighted by molar-refractivity contribution is 6.59. The van der Waals surface area contributed by atoms with Gasteiger partial charge in [-0.05, 0) is 92.4 Å². The Bertz CT molecular complexity index is 1740. The number of hydrogen-bond donors (Lipinski definition) is 2. The van der Waals surface area contributed by atoms with Crippen LogP contribution in [0, 0.1) is 0 Å². The molecule has 0 bridgehead atoms. The summed E-state index contributed by atoms with van der Waals surface area (Å²) >= 11 is 0. The summed E-state index contributed by atoms with van der Waals surface area (Å²) in [6, 6.07) is 23.9. The second kappa shape index (κ2) is 15.3. The molecule has 304 valence electrons. The molecule has 0 radical (unpaired) electrons. The Morgan fingerprint density at radius 3 is 0.625 bits per heavy atom. The Kier molecular flexibility index (Phi) is 11.6. The monoisotopic (exact) mass is 770 g/mol. The normalized spacial score (nSPS) is 16.0. The minimum absolute atomic E-state index is 0.0309. The number of nitrogens with two attached hydrogens (primary N) is 2. The molecule has 0 saturated heterocycles. The zero-order chi connectivity index (χ0) is 41.5. The molecule has 56 heavy (non-hydrogen) atoms. The van der Waals surface area contributed by atoms with Crippen LogP contribution >= 0.6 is 0 Å². The largest absolute Gasteiger partial charge is 0.777 e. The molecule has 0 fully saturated rings. The smallest absolute Gasteiger partial charge is 0.609 e. The average Bonchev–Trinajstić information content (AvgIpc) is 3.82. The zero-order valence-electron chi connectivity index (χ0n) is 36.5. The maximum absolute atomic E-state index is 6.00. The van der Waals surface area contributed by atoms with E-state index in [2.05, 4.69) is 107 Å². The SMILES string of the molecule is CC(C)(C)c1ccc2c(c1)O[B-]1(O2)Oc2ccc(C(C)(C)C)cc2O1.CC(C)(C)c1ccc2c(c1)O[B-]1(O2)Oc2ccc(C(C)(C)C)cc2O1.C[NH2+]C.C[NH2+]C. The van der Waals surface area contributed by atoms with Crippen molar-refractivity contribution >= 4 is 13.9 Å². The summed E-state index contributed by atoms with van der Waals surface area (Å²) in [5, 5.41) is 4.00. The van der Waals surface area contributed by atoms with Crippen molar-refractivity contribution in [2.75, 3.05) is 28.2 Å². The molecule has 10 nitrogen and oxygen atoms in total. The fourth-order valence-electron chi connectivity index (χ4n) is 6.19. The lowest BCUT2D eigenvalue weighted by Gasteiger charge is -2.27. The Balaban J connectivity index is 0.000000188. The molecule has 0 atom stereocenters. The van der Waals surface area contributed by atoms with E-state index in [1.807, 2.05) is 87.4 Å². The number of fused-ring (bicyclic) bond motifs is 4. The van der Waals surface area contributed by atoms with Crippen molar-refractivity contribution in [2.45, 2.75) is 105 Å². The molecular weight excluding hydrogens is 706 g/mol. The van der Waals surface area contributed by atoms with Crippen molar-refractivity contribution in [3.63, 3.8) is 0 Å². The lowest BCUT2D eigenvalue weighted by atomic mass is 9.87. The van der Waals surface area contributed by atoms with Gasteiger partial charge in [-0.3, -0.25) is 0 Å². The van der Waals surface area contributed by atoms with Gasteiger partial charge < -0.3 is 47.9 Å². The standard InChI is InChI=1S/2C20H24BO4.2C2H7N/c2*1-19(2,3)13-7-9-15-17(11-13)24-21(22-15)23-16-10-8-14(20(4,5)6)12-18(16)25-21;2*1-3-2/h2*7-12H,1-6H3;2*3H,1-2H3/q2*-1;;/p+2. The zero-order valence-corrected chi connectivity index (χ0v) is 36.5. The molecule has 8 rings (SSSR count).